The maximum absolute atomic E-state index is 11.4. The number of aromatic nitrogens is 1. The highest BCUT2D eigenvalue weighted by Crippen LogP contribution is 2.32. The quantitative estimate of drug-likeness (QED) is 0.748. The SMILES string of the molecule is CN1CCC(C=O)(c2cccc(N)n2)CC1. The van der Waals surface area contributed by atoms with Crippen molar-refractivity contribution >= 4 is 12.1 Å². The van der Waals surface area contributed by atoms with Crippen LogP contribution in [0.4, 0.5) is 5.82 Å². The normalized spacial score (nSPS) is 20.6. The molecule has 0 radical (unpaired) electrons. The molecule has 1 aliphatic rings. The van der Waals surface area contributed by atoms with Crippen LogP contribution >= 0.6 is 0 Å². The number of likely N-dealkylation sites (tertiary alicyclic amines) is 1. The van der Waals surface area contributed by atoms with Crippen molar-refractivity contribution in [1.82, 2.24) is 9.88 Å². The molecular formula is C12H17N3O. The van der Waals surface area contributed by atoms with Crippen LogP contribution in [0.3, 0.4) is 0 Å². The van der Waals surface area contributed by atoms with E-state index in [0.717, 1.165) is 37.9 Å². The predicted molar refractivity (Wildman–Crippen MR) is 63.1 cm³/mol. The molecule has 16 heavy (non-hydrogen) atoms. The second-order valence-corrected chi connectivity index (χ2v) is 4.52. The molecule has 0 unspecified atom stereocenters. The smallest absolute Gasteiger partial charge is 0.132 e. The molecule has 1 aromatic heterocycles. The lowest BCUT2D eigenvalue weighted by atomic mass is 9.77. The molecule has 1 saturated heterocycles. The molecule has 0 amide bonds. The molecule has 4 heteroatoms. The van der Waals surface area contributed by atoms with Gasteiger partial charge in [0, 0.05) is 0 Å². The van der Waals surface area contributed by atoms with Crippen molar-refractivity contribution in [3.63, 3.8) is 0 Å². The molecule has 0 bridgehead atoms. The topological polar surface area (TPSA) is 59.2 Å². The summed E-state index contributed by atoms with van der Waals surface area (Å²) in [5, 5.41) is 0. The monoisotopic (exact) mass is 219 g/mol. The van der Waals surface area contributed by atoms with Crippen LogP contribution in [0.2, 0.25) is 0 Å². The largest absolute Gasteiger partial charge is 0.384 e. The van der Waals surface area contributed by atoms with Gasteiger partial charge in [0.25, 0.3) is 0 Å². The van der Waals surface area contributed by atoms with Gasteiger partial charge in [0.1, 0.15) is 12.1 Å². The highest BCUT2D eigenvalue weighted by Gasteiger charge is 2.36. The van der Waals surface area contributed by atoms with Crippen LogP contribution in [-0.4, -0.2) is 36.3 Å². The molecule has 0 spiro atoms. The molecule has 2 rings (SSSR count). The van der Waals surface area contributed by atoms with Crippen LogP contribution in [0.15, 0.2) is 18.2 Å². The van der Waals surface area contributed by atoms with Crippen molar-refractivity contribution in [2.45, 2.75) is 18.3 Å². The van der Waals surface area contributed by atoms with Gasteiger partial charge in [0.15, 0.2) is 0 Å². The lowest BCUT2D eigenvalue weighted by Gasteiger charge is -2.36. The lowest BCUT2D eigenvalue weighted by molar-refractivity contribution is -0.114. The number of nitrogens with two attached hydrogens (primary N) is 1. The molecule has 0 aliphatic carbocycles. The second-order valence-electron chi connectivity index (χ2n) is 4.52. The fraction of sp³-hybridized carbons (Fsp3) is 0.500. The number of rotatable bonds is 2. The third-order valence-corrected chi connectivity index (χ3v) is 3.39. The zero-order valence-corrected chi connectivity index (χ0v) is 9.52. The molecule has 1 fully saturated rings. The standard InChI is InChI=1S/C12H17N3O/c1-15-7-5-12(9-16,6-8-15)10-3-2-4-11(13)14-10/h2-4,9H,5-8H2,1H3,(H2,13,14). The summed E-state index contributed by atoms with van der Waals surface area (Å²) in [5.74, 6) is 0.484. The maximum Gasteiger partial charge on any atom is 0.132 e. The van der Waals surface area contributed by atoms with E-state index in [1.807, 2.05) is 12.1 Å². The molecular weight excluding hydrogens is 202 g/mol. The van der Waals surface area contributed by atoms with E-state index in [4.69, 9.17) is 5.73 Å². The first kappa shape index (κ1) is 11.1. The summed E-state index contributed by atoms with van der Waals surface area (Å²) in [6, 6.07) is 5.51. The van der Waals surface area contributed by atoms with Gasteiger partial charge in [0.2, 0.25) is 0 Å². The minimum atomic E-state index is -0.429. The van der Waals surface area contributed by atoms with Gasteiger partial charge in [0.05, 0.1) is 11.1 Å². The van der Waals surface area contributed by atoms with Gasteiger partial charge in [-0.05, 0) is 45.1 Å². The van der Waals surface area contributed by atoms with Crippen molar-refractivity contribution in [2.75, 3.05) is 25.9 Å². The van der Waals surface area contributed by atoms with Crippen LogP contribution in [0, 0.1) is 0 Å². The van der Waals surface area contributed by atoms with Crippen LogP contribution in [-0.2, 0) is 10.2 Å². The van der Waals surface area contributed by atoms with Gasteiger partial charge < -0.3 is 15.4 Å². The molecule has 0 saturated carbocycles. The fourth-order valence-electron chi connectivity index (χ4n) is 2.18. The van der Waals surface area contributed by atoms with E-state index in [-0.39, 0.29) is 0 Å². The molecule has 0 atom stereocenters. The number of hydrogen-bond donors (Lipinski definition) is 1. The summed E-state index contributed by atoms with van der Waals surface area (Å²) in [6.07, 6.45) is 2.69. The predicted octanol–water partition coefficient (Wildman–Crippen LogP) is 0.826. The van der Waals surface area contributed by atoms with Crippen LogP contribution in [0.25, 0.3) is 0 Å². The Morgan fingerprint density at radius 2 is 2.12 bits per heavy atom. The Labute approximate surface area is 95.5 Å². The van der Waals surface area contributed by atoms with Gasteiger partial charge >= 0.3 is 0 Å². The Bertz CT molecular complexity index is 384. The molecule has 86 valence electrons. The summed E-state index contributed by atoms with van der Waals surface area (Å²) in [5.41, 5.74) is 6.06. The minimum Gasteiger partial charge on any atom is -0.384 e. The first-order chi connectivity index (χ1) is 7.66. The van der Waals surface area contributed by atoms with Gasteiger partial charge in [-0.25, -0.2) is 4.98 Å². The van der Waals surface area contributed by atoms with Crippen molar-refractivity contribution < 1.29 is 4.79 Å². The Morgan fingerprint density at radius 1 is 1.44 bits per heavy atom. The summed E-state index contributed by atoms with van der Waals surface area (Å²) in [7, 11) is 2.07. The third-order valence-electron chi connectivity index (χ3n) is 3.39. The van der Waals surface area contributed by atoms with Crippen molar-refractivity contribution in [1.29, 1.82) is 0 Å². The van der Waals surface area contributed by atoms with E-state index in [2.05, 4.69) is 16.9 Å². The number of anilines is 1. The first-order valence-corrected chi connectivity index (χ1v) is 5.54. The number of nitrogens with zero attached hydrogens (tertiary/aromatic N) is 2. The average Bonchev–Trinajstić information content (AvgIpc) is 2.31. The molecule has 1 aromatic rings. The Morgan fingerprint density at radius 3 is 2.69 bits per heavy atom. The molecule has 2 heterocycles. The summed E-state index contributed by atoms with van der Waals surface area (Å²) < 4.78 is 0. The minimum absolute atomic E-state index is 0.429. The summed E-state index contributed by atoms with van der Waals surface area (Å²) in [6.45, 7) is 1.85. The molecule has 0 aromatic carbocycles. The Balaban J connectivity index is 2.31. The van der Waals surface area contributed by atoms with Gasteiger partial charge in [-0.15, -0.1) is 0 Å². The number of nitrogen functional groups attached to an aromatic ring is 1. The summed E-state index contributed by atoms with van der Waals surface area (Å²) in [4.78, 5) is 17.9. The number of hydrogen-bond acceptors (Lipinski definition) is 4. The first-order valence-electron chi connectivity index (χ1n) is 5.54. The van der Waals surface area contributed by atoms with E-state index in [1.165, 1.54) is 0 Å². The number of piperidine rings is 1. The highest BCUT2D eigenvalue weighted by atomic mass is 16.1. The van der Waals surface area contributed by atoms with Gasteiger partial charge in [-0.1, -0.05) is 6.07 Å². The highest BCUT2D eigenvalue weighted by molar-refractivity contribution is 5.68. The van der Waals surface area contributed by atoms with Crippen LogP contribution < -0.4 is 5.73 Å². The van der Waals surface area contributed by atoms with Gasteiger partial charge in [-0.3, -0.25) is 0 Å². The molecule has 2 N–H and O–H groups in total. The zero-order valence-electron chi connectivity index (χ0n) is 9.52. The van der Waals surface area contributed by atoms with E-state index in [9.17, 15) is 4.79 Å². The van der Waals surface area contributed by atoms with Crippen molar-refractivity contribution in [3.8, 4) is 0 Å². The number of carbonyl (C=O) groups is 1. The van der Waals surface area contributed by atoms with E-state index < -0.39 is 5.41 Å². The number of aldehydes is 1. The number of carbonyl (C=O) groups excluding carboxylic acids is 1. The Kier molecular flexibility index (Phi) is 2.92. The van der Waals surface area contributed by atoms with Crippen LogP contribution in [0.1, 0.15) is 18.5 Å². The van der Waals surface area contributed by atoms with Crippen molar-refractivity contribution in [2.24, 2.45) is 0 Å². The zero-order chi connectivity index (χ0) is 11.6. The molecule has 4 nitrogen and oxygen atoms in total. The van der Waals surface area contributed by atoms with E-state index in [0.29, 0.717) is 5.82 Å². The lowest BCUT2D eigenvalue weighted by Crippen LogP contribution is -2.42. The maximum atomic E-state index is 11.4. The van der Waals surface area contributed by atoms with E-state index >= 15 is 0 Å². The summed E-state index contributed by atoms with van der Waals surface area (Å²) >= 11 is 0. The average molecular weight is 219 g/mol. The second kappa shape index (κ2) is 4.22. The third kappa shape index (κ3) is 1.93. The van der Waals surface area contributed by atoms with E-state index in [1.54, 1.807) is 6.07 Å². The number of pyridine rings is 1. The molecule has 1 aliphatic heterocycles. The van der Waals surface area contributed by atoms with Gasteiger partial charge in [-0.2, -0.15) is 0 Å². The Hall–Kier alpha value is -1.42. The van der Waals surface area contributed by atoms with Crippen LogP contribution in [0.5, 0.6) is 0 Å². The fourth-order valence-corrected chi connectivity index (χ4v) is 2.18. The van der Waals surface area contributed by atoms with Crippen molar-refractivity contribution in [3.05, 3.63) is 23.9 Å².